The molecule has 0 radical (unpaired) electrons. The van der Waals surface area contributed by atoms with Crippen molar-refractivity contribution in [3.8, 4) is 0 Å². The van der Waals surface area contributed by atoms with E-state index in [-0.39, 0.29) is 32.1 Å². The van der Waals surface area contributed by atoms with E-state index in [2.05, 4.69) is 6.92 Å². The highest BCUT2D eigenvalue weighted by Crippen LogP contribution is 2.23. The summed E-state index contributed by atoms with van der Waals surface area (Å²) in [5.41, 5.74) is 0. The van der Waals surface area contributed by atoms with Crippen molar-refractivity contribution >= 4 is 15.9 Å². The molecule has 2 fully saturated rings. The molecule has 0 unspecified atom stereocenters. The number of carbonyl (C=O) groups is 1. The predicted octanol–water partition coefficient (Wildman–Crippen LogP) is 0.113. The molecule has 2 saturated heterocycles. The minimum absolute atomic E-state index is 0.00803. The third kappa shape index (κ3) is 4.47. The highest BCUT2D eigenvalue weighted by atomic mass is 32.2. The van der Waals surface area contributed by atoms with Crippen LogP contribution in [0.15, 0.2) is 23.1 Å². The molecule has 1 aromatic rings. The van der Waals surface area contributed by atoms with Crippen LogP contribution in [0.5, 0.6) is 0 Å². The second-order valence-electron chi connectivity index (χ2n) is 7.44. The first-order chi connectivity index (χ1) is 12.8. The first kappa shape index (κ1) is 20.2. The Bertz CT molecular complexity index is 767. The molecule has 2 heterocycles. The minimum Gasteiger partial charge on any atom is -0.335 e. The first-order valence-corrected chi connectivity index (χ1v) is 10.8. The van der Waals surface area contributed by atoms with Gasteiger partial charge in [-0.15, -0.1) is 0 Å². The Morgan fingerprint density at radius 2 is 1.67 bits per heavy atom. The topological polar surface area (TPSA) is 62.1 Å². The summed E-state index contributed by atoms with van der Waals surface area (Å²) in [7, 11) is -4.27. The molecule has 2 aliphatic heterocycles. The average molecular weight is 402 g/mol. The zero-order valence-corrected chi connectivity index (χ0v) is 16.3. The Morgan fingerprint density at radius 3 is 2.22 bits per heavy atom. The molecule has 9 heteroatoms. The van der Waals surface area contributed by atoms with Crippen LogP contribution in [-0.4, -0.2) is 69.3 Å². The van der Waals surface area contributed by atoms with Gasteiger partial charge in [0.15, 0.2) is 11.4 Å². The quantitative estimate of drug-likeness (QED) is 0.778. The van der Waals surface area contributed by atoms with Gasteiger partial charge in [-0.1, -0.05) is 13.0 Å². The molecule has 0 spiro atoms. The van der Waals surface area contributed by atoms with E-state index in [4.69, 9.17) is 0 Å². The molecule has 3 rings (SSSR count). The van der Waals surface area contributed by atoms with Gasteiger partial charge in [-0.05, 0) is 30.9 Å². The Balaban J connectivity index is 1.59. The van der Waals surface area contributed by atoms with Gasteiger partial charge in [0.1, 0.15) is 11.6 Å². The number of hydrogen-bond donors (Lipinski definition) is 1. The molecule has 1 aromatic carbocycles. The number of rotatable bonds is 4. The van der Waals surface area contributed by atoms with Crippen LogP contribution in [0.2, 0.25) is 0 Å². The third-order valence-electron chi connectivity index (χ3n) is 5.49. The van der Waals surface area contributed by atoms with E-state index < -0.39 is 26.6 Å². The monoisotopic (exact) mass is 402 g/mol. The van der Waals surface area contributed by atoms with Crippen LogP contribution in [0.25, 0.3) is 0 Å². The number of sulfonamides is 1. The number of carbonyl (C=O) groups excluding carboxylic acids is 1. The highest BCUT2D eigenvalue weighted by molar-refractivity contribution is 7.89. The molecule has 6 nitrogen and oxygen atoms in total. The summed E-state index contributed by atoms with van der Waals surface area (Å²) in [4.78, 5) is 14.5. The molecule has 0 aliphatic carbocycles. The van der Waals surface area contributed by atoms with Crippen molar-refractivity contribution < 1.29 is 26.9 Å². The van der Waals surface area contributed by atoms with Crippen LogP contribution in [0.4, 0.5) is 8.78 Å². The van der Waals surface area contributed by atoms with Crippen molar-refractivity contribution in [2.75, 3.05) is 45.8 Å². The van der Waals surface area contributed by atoms with Gasteiger partial charge in [0.2, 0.25) is 10.0 Å². The SMILES string of the molecule is CC1CC[NH+](CC(=O)N2CCN(S(=O)(=O)c3c(F)cccc3F)CC2)CC1. The maximum Gasteiger partial charge on any atom is 0.277 e. The van der Waals surface area contributed by atoms with Gasteiger partial charge in [-0.25, -0.2) is 17.2 Å². The second-order valence-corrected chi connectivity index (χ2v) is 9.32. The smallest absolute Gasteiger partial charge is 0.277 e. The van der Waals surface area contributed by atoms with Gasteiger partial charge in [-0.3, -0.25) is 4.79 Å². The van der Waals surface area contributed by atoms with E-state index in [0.29, 0.717) is 12.5 Å². The van der Waals surface area contributed by atoms with Crippen molar-refractivity contribution in [2.45, 2.75) is 24.7 Å². The van der Waals surface area contributed by atoms with Gasteiger partial charge in [0.05, 0.1) is 13.1 Å². The summed E-state index contributed by atoms with van der Waals surface area (Å²) >= 11 is 0. The van der Waals surface area contributed by atoms with Crippen molar-refractivity contribution in [1.29, 1.82) is 0 Å². The highest BCUT2D eigenvalue weighted by Gasteiger charge is 2.34. The van der Waals surface area contributed by atoms with Crippen molar-refractivity contribution in [3.05, 3.63) is 29.8 Å². The molecule has 0 aromatic heterocycles. The molecule has 1 amide bonds. The lowest BCUT2D eigenvalue weighted by atomic mass is 9.99. The van der Waals surface area contributed by atoms with Crippen LogP contribution in [0, 0.1) is 17.6 Å². The summed E-state index contributed by atoms with van der Waals surface area (Å²) in [6, 6.07) is 2.99. The minimum atomic E-state index is -4.27. The fraction of sp³-hybridized carbons (Fsp3) is 0.611. The van der Waals surface area contributed by atoms with Gasteiger partial charge in [0, 0.05) is 26.2 Å². The standard InChI is InChI=1S/C18H25F2N3O3S/c1-14-5-7-21(8-6-14)13-17(24)22-9-11-23(12-10-22)27(25,26)18-15(19)3-2-4-16(18)20/h2-4,14H,5-13H2,1H3/p+1. The molecule has 0 saturated carbocycles. The Kier molecular flexibility index (Phi) is 6.12. The largest absolute Gasteiger partial charge is 0.335 e. The van der Waals surface area contributed by atoms with Gasteiger partial charge in [-0.2, -0.15) is 4.31 Å². The van der Waals surface area contributed by atoms with E-state index in [1.54, 1.807) is 4.90 Å². The predicted molar refractivity (Wildman–Crippen MR) is 95.7 cm³/mol. The number of nitrogens with zero attached hydrogens (tertiary/aromatic N) is 2. The normalized spacial score (nSPS) is 24.8. The van der Waals surface area contributed by atoms with E-state index in [9.17, 15) is 22.0 Å². The number of halogens is 2. The number of benzene rings is 1. The Labute approximate surface area is 158 Å². The lowest BCUT2D eigenvalue weighted by Gasteiger charge is -2.35. The number of likely N-dealkylation sites (tertiary alicyclic amines) is 1. The fourth-order valence-corrected chi connectivity index (χ4v) is 5.24. The number of piperazine rings is 1. The summed E-state index contributed by atoms with van der Waals surface area (Å²) in [5, 5.41) is 0. The number of hydrogen-bond acceptors (Lipinski definition) is 3. The fourth-order valence-electron chi connectivity index (χ4n) is 3.71. The summed E-state index contributed by atoms with van der Waals surface area (Å²) in [5.74, 6) is -1.49. The van der Waals surface area contributed by atoms with Gasteiger partial charge in [0.25, 0.3) is 5.91 Å². The number of nitrogens with one attached hydrogen (secondary N) is 1. The van der Waals surface area contributed by atoms with E-state index >= 15 is 0 Å². The lowest BCUT2D eigenvalue weighted by molar-refractivity contribution is -0.898. The van der Waals surface area contributed by atoms with Crippen molar-refractivity contribution in [1.82, 2.24) is 9.21 Å². The number of amides is 1. The molecule has 1 N–H and O–H groups in total. The zero-order valence-electron chi connectivity index (χ0n) is 15.5. The molecule has 2 aliphatic rings. The van der Waals surface area contributed by atoms with Crippen molar-refractivity contribution in [2.24, 2.45) is 5.92 Å². The molecule has 0 bridgehead atoms. The third-order valence-corrected chi connectivity index (χ3v) is 7.44. The molecule has 27 heavy (non-hydrogen) atoms. The van der Waals surface area contributed by atoms with Crippen LogP contribution in [-0.2, 0) is 14.8 Å². The molecular formula is C18H26F2N3O3S+. The lowest BCUT2D eigenvalue weighted by Crippen LogP contribution is -3.14. The molecule has 0 atom stereocenters. The maximum atomic E-state index is 13.9. The van der Waals surface area contributed by atoms with E-state index in [1.165, 1.54) is 4.90 Å². The Hall–Kier alpha value is -1.58. The molecule has 150 valence electrons. The van der Waals surface area contributed by atoms with E-state index in [0.717, 1.165) is 48.4 Å². The summed E-state index contributed by atoms with van der Waals surface area (Å²) in [6.45, 7) is 5.14. The number of quaternary nitrogens is 1. The molecular weight excluding hydrogens is 376 g/mol. The average Bonchev–Trinajstić information content (AvgIpc) is 2.63. The van der Waals surface area contributed by atoms with Gasteiger partial charge < -0.3 is 9.80 Å². The van der Waals surface area contributed by atoms with E-state index in [1.807, 2.05) is 0 Å². The number of piperidine rings is 1. The van der Waals surface area contributed by atoms with Crippen LogP contribution in [0.3, 0.4) is 0 Å². The Morgan fingerprint density at radius 1 is 1.11 bits per heavy atom. The first-order valence-electron chi connectivity index (χ1n) is 9.34. The summed E-state index contributed by atoms with van der Waals surface area (Å²) < 4.78 is 54.0. The summed E-state index contributed by atoms with van der Waals surface area (Å²) in [6.07, 6.45) is 2.23. The van der Waals surface area contributed by atoms with Gasteiger partial charge >= 0.3 is 0 Å². The van der Waals surface area contributed by atoms with Crippen molar-refractivity contribution in [3.63, 3.8) is 0 Å². The second kappa shape index (κ2) is 8.20. The zero-order chi connectivity index (χ0) is 19.6. The maximum absolute atomic E-state index is 13.9. The van der Waals surface area contributed by atoms with Crippen LogP contribution >= 0.6 is 0 Å². The van der Waals surface area contributed by atoms with Crippen LogP contribution < -0.4 is 4.90 Å². The van der Waals surface area contributed by atoms with Crippen LogP contribution in [0.1, 0.15) is 19.8 Å².